The predicted molar refractivity (Wildman–Crippen MR) is 102 cm³/mol. The maximum atomic E-state index is 12.7. The van der Waals surface area contributed by atoms with E-state index < -0.39 is 32.8 Å². The van der Waals surface area contributed by atoms with Crippen LogP contribution in [0.2, 0.25) is 5.02 Å². The quantitative estimate of drug-likeness (QED) is 0.608. The summed E-state index contributed by atoms with van der Waals surface area (Å²) < 4.78 is 62.8. The highest BCUT2D eigenvalue weighted by Crippen LogP contribution is 2.28. The monoisotopic (exact) mass is 459 g/mol. The Morgan fingerprint density at radius 1 is 1.20 bits per heavy atom. The highest BCUT2D eigenvalue weighted by Gasteiger charge is 2.36. The normalized spacial score (nSPS) is 12.0. The van der Waals surface area contributed by atoms with Gasteiger partial charge in [0, 0.05) is 10.7 Å². The number of halogens is 4. The second kappa shape index (κ2) is 8.05. The number of benzene rings is 2. The van der Waals surface area contributed by atoms with Gasteiger partial charge in [0.2, 0.25) is 15.9 Å². The van der Waals surface area contributed by atoms with Crippen molar-refractivity contribution in [1.29, 1.82) is 0 Å². The number of sulfonamides is 1. The summed E-state index contributed by atoms with van der Waals surface area (Å²) in [6, 6.07) is 10.1. The number of anilines is 1. The van der Waals surface area contributed by atoms with Crippen molar-refractivity contribution in [3.8, 4) is 5.69 Å². The maximum absolute atomic E-state index is 12.7. The lowest BCUT2D eigenvalue weighted by molar-refractivity contribution is -0.144. The highest BCUT2D eigenvalue weighted by molar-refractivity contribution is 7.89. The van der Waals surface area contributed by atoms with E-state index in [0.717, 1.165) is 12.1 Å². The molecule has 0 fully saturated rings. The molecule has 0 aliphatic carbocycles. The van der Waals surface area contributed by atoms with E-state index in [1.54, 1.807) is 24.3 Å². The van der Waals surface area contributed by atoms with Crippen LogP contribution in [0.1, 0.15) is 11.4 Å². The molecule has 1 amide bonds. The summed E-state index contributed by atoms with van der Waals surface area (Å²) >= 11 is 6.01. The molecule has 30 heavy (non-hydrogen) atoms. The van der Waals surface area contributed by atoms with E-state index in [9.17, 15) is 26.4 Å². The van der Waals surface area contributed by atoms with Crippen molar-refractivity contribution >= 4 is 33.2 Å². The SMILES string of the molecule is NS(=O)(=O)c1cc(NC(=O)Cc2ccccc2Cl)ccc1-n1cnc(C(F)(F)F)n1. The Bertz CT molecular complexity index is 1210. The maximum Gasteiger partial charge on any atom is 0.453 e. The number of nitrogens with zero attached hydrogens (tertiary/aromatic N) is 3. The summed E-state index contributed by atoms with van der Waals surface area (Å²) in [5, 5.41) is 11.3. The largest absolute Gasteiger partial charge is 0.453 e. The predicted octanol–water partition coefficient (Wildman–Crippen LogP) is 2.77. The molecule has 158 valence electrons. The lowest BCUT2D eigenvalue weighted by Gasteiger charge is -2.11. The fourth-order valence-electron chi connectivity index (χ4n) is 2.54. The van der Waals surface area contributed by atoms with Gasteiger partial charge in [-0.15, -0.1) is 5.10 Å². The van der Waals surface area contributed by atoms with E-state index in [2.05, 4.69) is 15.4 Å². The minimum atomic E-state index is -4.81. The third-order valence-electron chi connectivity index (χ3n) is 3.85. The third kappa shape index (κ3) is 4.96. The van der Waals surface area contributed by atoms with Gasteiger partial charge in [0.15, 0.2) is 0 Å². The smallest absolute Gasteiger partial charge is 0.326 e. The number of nitrogens with two attached hydrogens (primary N) is 1. The number of alkyl halides is 3. The van der Waals surface area contributed by atoms with Crippen LogP contribution in [0.3, 0.4) is 0 Å². The number of hydrogen-bond acceptors (Lipinski definition) is 5. The molecule has 1 heterocycles. The Morgan fingerprint density at radius 3 is 2.50 bits per heavy atom. The Labute approximate surface area is 173 Å². The molecule has 3 N–H and O–H groups in total. The van der Waals surface area contributed by atoms with Crippen LogP contribution in [-0.4, -0.2) is 29.1 Å². The Balaban J connectivity index is 1.91. The lowest BCUT2D eigenvalue weighted by atomic mass is 10.1. The van der Waals surface area contributed by atoms with Crippen LogP contribution in [0.4, 0.5) is 18.9 Å². The van der Waals surface area contributed by atoms with Gasteiger partial charge < -0.3 is 5.32 Å². The van der Waals surface area contributed by atoms with Crippen LogP contribution < -0.4 is 10.5 Å². The molecule has 3 rings (SSSR count). The van der Waals surface area contributed by atoms with E-state index in [-0.39, 0.29) is 17.8 Å². The molecule has 0 radical (unpaired) electrons. The number of aromatic nitrogens is 3. The standard InChI is InChI=1S/C17H13ClF3N5O3S/c18-12-4-2-1-3-10(12)7-15(27)24-11-5-6-13(14(8-11)30(22,28)29)26-9-23-16(25-26)17(19,20)21/h1-6,8-9H,7H2,(H,24,27)(H2,22,28,29). The van der Waals surface area contributed by atoms with Crippen molar-refractivity contribution in [2.24, 2.45) is 5.14 Å². The molecule has 1 aromatic heterocycles. The Hall–Kier alpha value is -2.96. The van der Waals surface area contributed by atoms with E-state index in [1.807, 2.05) is 0 Å². The van der Waals surface area contributed by atoms with E-state index in [1.165, 1.54) is 6.07 Å². The van der Waals surface area contributed by atoms with Crippen LogP contribution in [0.15, 0.2) is 53.7 Å². The zero-order valence-corrected chi connectivity index (χ0v) is 16.5. The number of carbonyl (C=O) groups excluding carboxylic acids is 1. The van der Waals surface area contributed by atoms with Crippen LogP contribution >= 0.6 is 11.6 Å². The Kier molecular flexibility index (Phi) is 5.83. The van der Waals surface area contributed by atoms with E-state index in [4.69, 9.17) is 16.7 Å². The van der Waals surface area contributed by atoms with Crippen molar-refractivity contribution in [3.05, 3.63) is 65.2 Å². The molecular formula is C17H13ClF3N5O3S. The van der Waals surface area contributed by atoms with Crippen molar-refractivity contribution in [3.63, 3.8) is 0 Å². The van der Waals surface area contributed by atoms with E-state index >= 15 is 0 Å². The fraction of sp³-hybridized carbons (Fsp3) is 0.118. The van der Waals surface area contributed by atoms with Gasteiger partial charge in [-0.1, -0.05) is 29.8 Å². The van der Waals surface area contributed by atoms with Crippen molar-refractivity contribution in [2.75, 3.05) is 5.32 Å². The van der Waals surface area contributed by atoms with Crippen LogP contribution in [0.5, 0.6) is 0 Å². The molecule has 0 aliphatic rings. The second-order valence-corrected chi connectivity index (χ2v) is 7.99. The molecular weight excluding hydrogens is 447 g/mol. The van der Waals surface area contributed by atoms with E-state index in [0.29, 0.717) is 21.6 Å². The molecule has 0 saturated carbocycles. The minimum Gasteiger partial charge on any atom is -0.326 e. The molecule has 0 aliphatic heterocycles. The van der Waals surface area contributed by atoms with Crippen LogP contribution in [0, 0.1) is 0 Å². The molecule has 0 bridgehead atoms. The van der Waals surface area contributed by atoms with Crippen LogP contribution in [0.25, 0.3) is 5.69 Å². The number of carbonyl (C=O) groups is 1. The van der Waals surface area contributed by atoms with Crippen molar-refractivity contribution in [1.82, 2.24) is 14.8 Å². The van der Waals surface area contributed by atoms with Gasteiger partial charge in [-0.3, -0.25) is 4.79 Å². The first-order chi connectivity index (χ1) is 13.9. The fourth-order valence-corrected chi connectivity index (χ4v) is 3.48. The molecule has 0 unspecified atom stereocenters. The molecule has 13 heteroatoms. The molecule has 2 aromatic carbocycles. The molecule has 3 aromatic rings. The number of amides is 1. The van der Waals surface area contributed by atoms with Gasteiger partial charge >= 0.3 is 6.18 Å². The Morgan fingerprint density at radius 2 is 1.90 bits per heavy atom. The summed E-state index contributed by atoms with van der Waals surface area (Å²) in [5.74, 6) is -1.93. The first kappa shape index (κ1) is 21.7. The number of nitrogens with one attached hydrogen (secondary N) is 1. The number of rotatable bonds is 5. The summed E-state index contributed by atoms with van der Waals surface area (Å²) in [4.78, 5) is 14.8. The van der Waals surface area contributed by atoms with Crippen LogP contribution in [-0.2, 0) is 27.4 Å². The van der Waals surface area contributed by atoms with Gasteiger partial charge in [0.05, 0.1) is 12.1 Å². The topological polar surface area (TPSA) is 120 Å². The first-order valence-electron chi connectivity index (χ1n) is 8.14. The van der Waals surface area contributed by atoms with Crippen molar-refractivity contribution in [2.45, 2.75) is 17.5 Å². The summed E-state index contributed by atoms with van der Waals surface area (Å²) in [5.41, 5.74) is 0.364. The molecule has 8 nitrogen and oxygen atoms in total. The summed E-state index contributed by atoms with van der Waals surface area (Å²) in [6.07, 6.45) is -4.17. The van der Waals surface area contributed by atoms with Gasteiger partial charge in [0.1, 0.15) is 11.2 Å². The van der Waals surface area contributed by atoms with Gasteiger partial charge in [0.25, 0.3) is 5.82 Å². The zero-order valence-electron chi connectivity index (χ0n) is 14.9. The van der Waals surface area contributed by atoms with Gasteiger partial charge in [-0.25, -0.2) is 23.2 Å². The number of hydrogen-bond donors (Lipinski definition) is 2. The minimum absolute atomic E-state index is 0.0657. The van der Waals surface area contributed by atoms with Crippen molar-refractivity contribution < 1.29 is 26.4 Å². The first-order valence-corrected chi connectivity index (χ1v) is 10.1. The third-order valence-corrected chi connectivity index (χ3v) is 5.16. The van der Waals surface area contributed by atoms with Gasteiger partial charge in [-0.05, 0) is 29.8 Å². The average molecular weight is 460 g/mol. The number of primary sulfonamides is 1. The molecule has 0 spiro atoms. The lowest BCUT2D eigenvalue weighted by Crippen LogP contribution is -2.18. The second-order valence-electron chi connectivity index (χ2n) is 6.05. The molecule has 0 saturated heterocycles. The summed E-state index contributed by atoms with van der Waals surface area (Å²) in [7, 11) is -4.37. The van der Waals surface area contributed by atoms with Gasteiger partial charge in [-0.2, -0.15) is 13.2 Å². The average Bonchev–Trinajstić information content (AvgIpc) is 3.13. The summed E-state index contributed by atoms with van der Waals surface area (Å²) in [6.45, 7) is 0. The highest BCUT2D eigenvalue weighted by atomic mass is 35.5. The zero-order chi connectivity index (χ0) is 22.1. The molecule has 0 atom stereocenters.